The quantitative estimate of drug-likeness (QED) is 0.344. The zero-order valence-corrected chi connectivity index (χ0v) is 19.9. The number of aromatic nitrogens is 5. The number of fused-ring (bicyclic) bond motifs is 1. The highest BCUT2D eigenvalue weighted by molar-refractivity contribution is 7.91. The third-order valence-electron chi connectivity index (χ3n) is 5.39. The normalized spacial score (nSPS) is 11.7. The third kappa shape index (κ3) is 4.63. The number of aryl methyl sites for hydroxylation is 1. The summed E-state index contributed by atoms with van der Waals surface area (Å²) in [5, 5.41) is 11.1. The number of halogens is 2. The van der Waals surface area contributed by atoms with Gasteiger partial charge in [-0.15, -0.1) is 0 Å². The number of anilines is 1. The van der Waals surface area contributed by atoms with E-state index in [2.05, 4.69) is 25.2 Å². The number of benzene rings is 2. The number of nitrogens with zero attached hydrogens (tertiary/aromatic N) is 5. The Morgan fingerprint density at radius 1 is 1.08 bits per heavy atom. The Hall–Kier alpha value is -4.65. The van der Waals surface area contributed by atoms with Crippen molar-refractivity contribution in [3.8, 4) is 17.0 Å². The first-order valence-electron chi connectivity index (χ1n) is 10.8. The fourth-order valence-corrected chi connectivity index (χ4v) is 5.06. The molecule has 0 saturated carbocycles. The number of ether oxygens (including phenoxy) is 1. The first kappa shape index (κ1) is 24.1. The molecule has 0 atom stereocenters. The Balaban J connectivity index is 1.59. The highest BCUT2D eigenvalue weighted by atomic mass is 32.2. The van der Waals surface area contributed by atoms with E-state index in [1.165, 1.54) is 52.1 Å². The van der Waals surface area contributed by atoms with Crippen molar-refractivity contribution in [2.45, 2.75) is 16.4 Å². The van der Waals surface area contributed by atoms with E-state index in [1.54, 1.807) is 37.5 Å². The molecule has 0 spiro atoms. The van der Waals surface area contributed by atoms with Crippen LogP contribution in [0.25, 0.3) is 16.9 Å². The molecule has 2 aromatic carbocycles. The lowest BCUT2D eigenvalue weighted by molar-refractivity contribution is -0.0494. The number of carbonyl (C=O) groups is 1. The SMILES string of the molecule is Cn1cc(NC(=O)c2cnn3cccnc23)c(-c2cc(S(=O)(=O)c3ccccc3)ccc2OC(F)F)n1. The van der Waals surface area contributed by atoms with E-state index >= 15 is 0 Å². The van der Waals surface area contributed by atoms with Crippen LogP contribution in [0, 0.1) is 0 Å². The Morgan fingerprint density at radius 3 is 2.62 bits per heavy atom. The van der Waals surface area contributed by atoms with Gasteiger partial charge in [-0.2, -0.15) is 19.0 Å². The van der Waals surface area contributed by atoms with Crippen LogP contribution in [-0.2, 0) is 16.9 Å². The molecule has 1 N–H and O–H groups in total. The molecule has 37 heavy (non-hydrogen) atoms. The molecule has 0 radical (unpaired) electrons. The molecule has 0 bridgehead atoms. The monoisotopic (exact) mass is 524 g/mol. The van der Waals surface area contributed by atoms with Gasteiger partial charge in [-0.05, 0) is 36.4 Å². The van der Waals surface area contributed by atoms with Crippen molar-refractivity contribution in [2.75, 3.05) is 5.32 Å². The number of rotatable bonds is 7. The summed E-state index contributed by atoms with van der Waals surface area (Å²) in [5.41, 5.74) is 0.589. The van der Waals surface area contributed by atoms with Gasteiger partial charge in [0.25, 0.3) is 5.91 Å². The number of carbonyl (C=O) groups excluding carboxylic acids is 1. The minimum Gasteiger partial charge on any atom is -0.434 e. The average Bonchev–Trinajstić information content (AvgIpc) is 3.47. The minimum absolute atomic E-state index is 0.0265. The molecule has 10 nitrogen and oxygen atoms in total. The van der Waals surface area contributed by atoms with Crippen molar-refractivity contribution in [1.29, 1.82) is 0 Å². The number of alkyl halides is 2. The molecular weight excluding hydrogens is 506 g/mol. The van der Waals surface area contributed by atoms with Gasteiger partial charge in [0, 0.05) is 31.2 Å². The molecule has 3 aromatic heterocycles. The highest BCUT2D eigenvalue weighted by Gasteiger charge is 2.25. The second-order valence-corrected chi connectivity index (χ2v) is 9.77. The predicted octanol–water partition coefficient (Wildman–Crippen LogP) is 3.82. The number of hydrogen-bond donors (Lipinski definition) is 1. The largest absolute Gasteiger partial charge is 0.434 e. The summed E-state index contributed by atoms with van der Waals surface area (Å²) < 4.78 is 60.3. The van der Waals surface area contributed by atoms with Crippen LogP contribution in [0.1, 0.15) is 10.4 Å². The van der Waals surface area contributed by atoms with Crippen molar-refractivity contribution >= 4 is 27.1 Å². The topological polar surface area (TPSA) is 120 Å². The van der Waals surface area contributed by atoms with Gasteiger partial charge in [0.1, 0.15) is 17.0 Å². The van der Waals surface area contributed by atoms with Gasteiger partial charge in [-0.1, -0.05) is 18.2 Å². The smallest absolute Gasteiger partial charge is 0.387 e. The summed E-state index contributed by atoms with van der Waals surface area (Å²) >= 11 is 0. The van der Waals surface area contributed by atoms with Crippen LogP contribution in [0.5, 0.6) is 5.75 Å². The first-order valence-corrected chi connectivity index (χ1v) is 12.2. The predicted molar refractivity (Wildman–Crippen MR) is 128 cm³/mol. The number of amides is 1. The Kier molecular flexibility index (Phi) is 6.13. The van der Waals surface area contributed by atoms with Crippen LogP contribution in [0.15, 0.2) is 89.2 Å². The number of sulfone groups is 1. The molecule has 13 heteroatoms. The van der Waals surface area contributed by atoms with Gasteiger partial charge in [0.2, 0.25) is 9.84 Å². The van der Waals surface area contributed by atoms with Gasteiger partial charge in [0.15, 0.2) is 5.65 Å². The number of nitrogens with one attached hydrogen (secondary N) is 1. The zero-order valence-electron chi connectivity index (χ0n) is 19.1. The maximum atomic E-state index is 13.2. The molecule has 0 fully saturated rings. The van der Waals surface area contributed by atoms with Crippen molar-refractivity contribution in [3.63, 3.8) is 0 Å². The molecule has 5 rings (SSSR count). The standard InChI is InChI=1S/C24H18F2N6O4S/c1-31-14-19(29-23(33)18-13-28-32-11-5-10-27-22(18)32)21(30-31)17-12-16(8-9-20(17)36-24(25)26)37(34,35)15-6-3-2-4-7-15/h2-14,24H,1H3,(H,29,33). The Morgan fingerprint density at radius 2 is 1.86 bits per heavy atom. The molecule has 3 heterocycles. The minimum atomic E-state index is -3.99. The fraction of sp³-hybridized carbons (Fsp3) is 0.0833. The first-order chi connectivity index (χ1) is 17.7. The van der Waals surface area contributed by atoms with Gasteiger partial charge >= 0.3 is 6.61 Å². The fourth-order valence-electron chi connectivity index (χ4n) is 3.75. The number of hydrogen-bond acceptors (Lipinski definition) is 7. The van der Waals surface area contributed by atoms with Gasteiger partial charge in [0.05, 0.1) is 21.7 Å². The van der Waals surface area contributed by atoms with E-state index in [1.807, 2.05) is 0 Å². The molecule has 0 aliphatic heterocycles. The molecular formula is C24H18F2N6O4S. The van der Waals surface area contributed by atoms with E-state index < -0.39 is 22.4 Å². The van der Waals surface area contributed by atoms with Crippen LogP contribution in [0.4, 0.5) is 14.5 Å². The molecule has 188 valence electrons. The van der Waals surface area contributed by atoms with E-state index in [0.717, 1.165) is 6.07 Å². The average molecular weight is 525 g/mol. The van der Waals surface area contributed by atoms with Crippen LogP contribution < -0.4 is 10.1 Å². The van der Waals surface area contributed by atoms with Crippen LogP contribution in [0.2, 0.25) is 0 Å². The molecule has 0 saturated heterocycles. The van der Waals surface area contributed by atoms with Gasteiger partial charge < -0.3 is 10.1 Å². The van der Waals surface area contributed by atoms with Crippen LogP contribution in [0.3, 0.4) is 0 Å². The van der Waals surface area contributed by atoms with E-state index in [-0.39, 0.29) is 38.0 Å². The van der Waals surface area contributed by atoms with E-state index in [0.29, 0.717) is 5.65 Å². The molecule has 0 aliphatic carbocycles. The molecule has 1 amide bonds. The van der Waals surface area contributed by atoms with E-state index in [9.17, 15) is 22.0 Å². The second kappa shape index (κ2) is 9.43. The molecule has 0 aliphatic rings. The lowest BCUT2D eigenvalue weighted by Gasteiger charge is -2.13. The maximum Gasteiger partial charge on any atom is 0.387 e. The van der Waals surface area contributed by atoms with Gasteiger partial charge in [-0.3, -0.25) is 9.48 Å². The van der Waals surface area contributed by atoms with E-state index in [4.69, 9.17) is 0 Å². The lowest BCUT2D eigenvalue weighted by atomic mass is 10.1. The van der Waals surface area contributed by atoms with Gasteiger partial charge in [-0.25, -0.2) is 17.9 Å². The van der Waals surface area contributed by atoms with Crippen LogP contribution >= 0.6 is 0 Å². The summed E-state index contributed by atoms with van der Waals surface area (Å²) in [6.45, 7) is -3.18. The summed E-state index contributed by atoms with van der Waals surface area (Å²) in [4.78, 5) is 17.1. The maximum absolute atomic E-state index is 13.2. The second-order valence-electron chi connectivity index (χ2n) is 7.82. The Labute approximate surface area is 209 Å². The summed E-state index contributed by atoms with van der Waals surface area (Å²) in [7, 11) is -2.42. The lowest BCUT2D eigenvalue weighted by Crippen LogP contribution is -2.12. The van der Waals surface area contributed by atoms with Crippen molar-refractivity contribution in [1.82, 2.24) is 24.4 Å². The third-order valence-corrected chi connectivity index (χ3v) is 7.15. The summed E-state index contributed by atoms with van der Waals surface area (Å²) in [6, 6.07) is 12.8. The van der Waals surface area contributed by atoms with Crippen molar-refractivity contribution in [3.05, 3.63) is 84.9 Å². The highest BCUT2D eigenvalue weighted by Crippen LogP contribution is 2.38. The Bertz CT molecular complexity index is 1720. The molecule has 0 unspecified atom stereocenters. The van der Waals surface area contributed by atoms with Crippen molar-refractivity contribution in [2.24, 2.45) is 7.05 Å². The summed E-state index contributed by atoms with van der Waals surface area (Å²) in [6.07, 6.45) is 5.93. The zero-order chi connectivity index (χ0) is 26.2. The van der Waals surface area contributed by atoms with Crippen LogP contribution in [-0.4, -0.2) is 45.3 Å². The summed E-state index contributed by atoms with van der Waals surface area (Å²) in [5.74, 6) is -0.888. The van der Waals surface area contributed by atoms with Crippen molar-refractivity contribution < 1.29 is 26.7 Å². The molecule has 5 aromatic rings.